The molecule has 4 rings (SSSR count). The fraction of sp³-hybridized carbons (Fsp3) is 0.136. The van der Waals surface area contributed by atoms with E-state index in [1.165, 1.54) is 19.3 Å². The van der Waals surface area contributed by atoms with Gasteiger partial charge >= 0.3 is 5.63 Å². The van der Waals surface area contributed by atoms with Gasteiger partial charge in [-0.2, -0.15) is 13.5 Å². The molecule has 2 aromatic carbocycles. The lowest BCUT2D eigenvalue weighted by Gasteiger charge is -2.13. The van der Waals surface area contributed by atoms with Crippen molar-refractivity contribution >= 4 is 38.5 Å². The fourth-order valence-electron chi connectivity index (χ4n) is 3.29. The second-order valence-corrected chi connectivity index (χ2v) is 9.08. The van der Waals surface area contributed by atoms with Crippen molar-refractivity contribution in [2.45, 2.75) is 13.3 Å². The molecule has 0 fully saturated rings. The molecule has 0 atom stereocenters. The van der Waals surface area contributed by atoms with Crippen molar-refractivity contribution in [3.05, 3.63) is 86.9 Å². The topological polar surface area (TPSA) is 123 Å². The standard InChI is InChI=1S/C22H19ClN4O5S/c1-13-16-9-8-15(31-20-7-4-10-25-26-20)12-19(16)32-22(28)17(13)11-14-5-3-6-18(21(14)23)27-33(29,30)24-2/h3-10,12,24,27H,11H2,1-2H3. The predicted molar refractivity (Wildman–Crippen MR) is 125 cm³/mol. The summed E-state index contributed by atoms with van der Waals surface area (Å²) in [4.78, 5) is 12.8. The Bertz CT molecular complexity index is 1490. The van der Waals surface area contributed by atoms with Gasteiger partial charge in [0.25, 0.3) is 10.2 Å². The molecule has 2 aromatic heterocycles. The van der Waals surface area contributed by atoms with E-state index in [-0.39, 0.29) is 17.1 Å². The molecule has 170 valence electrons. The highest BCUT2D eigenvalue weighted by Crippen LogP contribution is 2.31. The molecule has 0 bridgehead atoms. The minimum atomic E-state index is -3.74. The lowest BCUT2D eigenvalue weighted by atomic mass is 9.99. The maximum Gasteiger partial charge on any atom is 0.340 e. The molecule has 0 unspecified atom stereocenters. The number of nitrogens with one attached hydrogen (secondary N) is 2. The molecule has 0 aliphatic carbocycles. The Labute approximate surface area is 194 Å². The number of hydrogen-bond donors (Lipinski definition) is 2. The number of nitrogens with zero attached hydrogens (tertiary/aromatic N) is 2. The first kappa shape index (κ1) is 22.7. The van der Waals surface area contributed by atoms with Gasteiger partial charge in [0.05, 0.1) is 10.7 Å². The van der Waals surface area contributed by atoms with Crippen LogP contribution in [0.4, 0.5) is 5.69 Å². The van der Waals surface area contributed by atoms with E-state index in [0.29, 0.717) is 28.3 Å². The predicted octanol–water partition coefficient (Wildman–Crippen LogP) is 3.80. The van der Waals surface area contributed by atoms with Gasteiger partial charge in [0.2, 0.25) is 5.88 Å². The van der Waals surface area contributed by atoms with Crippen LogP contribution in [-0.4, -0.2) is 25.7 Å². The highest BCUT2D eigenvalue weighted by atomic mass is 35.5. The molecule has 0 saturated heterocycles. The Balaban J connectivity index is 1.68. The molecular weight excluding hydrogens is 468 g/mol. The lowest BCUT2D eigenvalue weighted by Crippen LogP contribution is -2.26. The number of fused-ring (bicyclic) bond motifs is 1. The van der Waals surface area contributed by atoms with Gasteiger partial charge in [0.15, 0.2) is 0 Å². The van der Waals surface area contributed by atoms with E-state index in [1.54, 1.807) is 42.5 Å². The summed E-state index contributed by atoms with van der Waals surface area (Å²) >= 11 is 6.43. The average molecular weight is 487 g/mol. The van der Waals surface area contributed by atoms with Gasteiger partial charge in [0.1, 0.15) is 11.3 Å². The highest BCUT2D eigenvalue weighted by Gasteiger charge is 2.17. The molecule has 11 heteroatoms. The summed E-state index contributed by atoms with van der Waals surface area (Å²) in [5.74, 6) is 0.766. The van der Waals surface area contributed by atoms with E-state index in [9.17, 15) is 13.2 Å². The number of benzene rings is 2. The number of aromatic nitrogens is 2. The number of ether oxygens (including phenoxy) is 1. The van der Waals surface area contributed by atoms with Gasteiger partial charge in [-0.3, -0.25) is 4.72 Å². The number of hydrogen-bond acceptors (Lipinski definition) is 7. The van der Waals surface area contributed by atoms with Gasteiger partial charge in [-0.1, -0.05) is 23.7 Å². The molecule has 0 aliphatic heterocycles. The third-order valence-electron chi connectivity index (χ3n) is 4.99. The van der Waals surface area contributed by atoms with Crippen molar-refractivity contribution < 1.29 is 17.6 Å². The first-order valence-electron chi connectivity index (χ1n) is 9.78. The van der Waals surface area contributed by atoms with Crippen LogP contribution < -0.4 is 19.8 Å². The van der Waals surface area contributed by atoms with Gasteiger partial charge in [0, 0.05) is 42.7 Å². The summed E-state index contributed by atoms with van der Waals surface area (Å²) in [6, 6.07) is 13.4. The monoisotopic (exact) mass is 486 g/mol. The van der Waals surface area contributed by atoms with Crippen molar-refractivity contribution in [2.24, 2.45) is 0 Å². The molecule has 2 N–H and O–H groups in total. The molecule has 0 amide bonds. The Morgan fingerprint density at radius 1 is 1.15 bits per heavy atom. The minimum absolute atomic E-state index is 0.163. The summed E-state index contributed by atoms with van der Waals surface area (Å²) in [5.41, 5.74) is 1.77. The number of halogens is 1. The molecule has 4 aromatic rings. The molecule has 0 aliphatic rings. The second-order valence-electron chi connectivity index (χ2n) is 7.08. The van der Waals surface area contributed by atoms with Crippen LogP contribution in [-0.2, 0) is 16.6 Å². The van der Waals surface area contributed by atoms with Gasteiger partial charge < -0.3 is 9.15 Å². The zero-order chi connectivity index (χ0) is 23.6. The SMILES string of the molecule is CNS(=O)(=O)Nc1cccc(Cc2c(C)c3ccc(Oc4cccnn4)cc3oc2=O)c1Cl. The van der Waals surface area contributed by atoms with Crippen LogP contribution in [0, 0.1) is 6.92 Å². The van der Waals surface area contributed by atoms with Crippen LogP contribution in [0.3, 0.4) is 0 Å². The van der Waals surface area contributed by atoms with E-state index >= 15 is 0 Å². The van der Waals surface area contributed by atoms with Crippen LogP contribution in [0.25, 0.3) is 11.0 Å². The Kier molecular flexibility index (Phi) is 6.32. The van der Waals surface area contributed by atoms with Crippen LogP contribution in [0.1, 0.15) is 16.7 Å². The van der Waals surface area contributed by atoms with Crippen LogP contribution in [0.2, 0.25) is 5.02 Å². The van der Waals surface area contributed by atoms with Crippen molar-refractivity contribution in [2.75, 3.05) is 11.8 Å². The fourth-order valence-corrected chi connectivity index (χ4v) is 4.14. The summed E-state index contributed by atoms with van der Waals surface area (Å²) in [5, 5.41) is 8.56. The first-order valence-corrected chi connectivity index (χ1v) is 11.6. The Morgan fingerprint density at radius 2 is 1.97 bits per heavy atom. The molecule has 0 radical (unpaired) electrons. The maximum absolute atomic E-state index is 12.8. The summed E-state index contributed by atoms with van der Waals surface area (Å²) in [7, 11) is -2.46. The van der Waals surface area contributed by atoms with E-state index in [2.05, 4.69) is 19.6 Å². The third-order valence-corrected chi connectivity index (χ3v) is 6.46. The number of anilines is 1. The number of aryl methyl sites for hydroxylation is 1. The normalized spacial score (nSPS) is 11.5. The van der Waals surface area contributed by atoms with Crippen LogP contribution >= 0.6 is 11.6 Å². The largest absolute Gasteiger partial charge is 0.437 e. The molecular formula is C22H19ClN4O5S. The van der Waals surface area contributed by atoms with E-state index < -0.39 is 15.8 Å². The summed E-state index contributed by atoms with van der Waals surface area (Å²) in [6.45, 7) is 1.82. The first-order chi connectivity index (χ1) is 15.8. The van der Waals surface area contributed by atoms with Gasteiger partial charge in [-0.25, -0.2) is 9.52 Å². The molecule has 9 nitrogen and oxygen atoms in total. The van der Waals surface area contributed by atoms with Gasteiger partial charge in [-0.15, -0.1) is 5.10 Å². The summed E-state index contributed by atoms with van der Waals surface area (Å²) < 4.78 is 39.4. The zero-order valence-electron chi connectivity index (χ0n) is 17.6. The zero-order valence-corrected chi connectivity index (χ0v) is 19.2. The van der Waals surface area contributed by atoms with Crippen molar-refractivity contribution in [3.8, 4) is 11.6 Å². The van der Waals surface area contributed by atoms with E-state index in [1.807, 2.05) is 6.92 Å². The average Bonchev–Trinajstić information content (AvgIpc) is 2.79. The van der Waals surface area contributed by atoms with Crippen molar-refractivity contribution in [3.63, 3.8) is 0 Å². The highest BCUT2D eigenvalue weighted by molar-refractivity contribution is 7.90. The maximum atomic E-state index is 12.8. The lowest BCUT2D eigenvalue weighted by molar-refractivity contribution is 0.453. The molecule has 0 saturated carbocycles. The second kappa shape index (κ2) is 9.18. The minimum Gasteiger partial charge on any atom is -0.437 e. The molecule has 0 spiro atoms. The van der Waals surface area contributed by atoms with E-state index in [4.69, 9.17) is 20.8 Å². The third kappa shape index (κ3) is 4.98. The Hall–Kier alpha value is -3.47. The quantitative estimate of drug-likeness (QED) is 0.381. The van der Waals surface area contributed by atoms with Crippen LogP contribution in [0.5, 0.6) is 11.6 Å². The smallest absolute Gasteiger partial charge is 0.340 e. The van der Waals surface area contributed by atoms with Crippen LogP contribution in [0.15, 0.2) is 63.9 Å². The summed E-state index contributed by atoms with van der Waals surface area (Å²) in [6.07, 6.45) is 1.70. The van der Waals surface area contributed by atoms with Gasteiger partial charge in [-0.05, 0) is 42.3 Å². The van der Waals surface area contributed by atoms with Crippen molar-refractivity contribution in [1.29, 1.82) is 0 Å². The number of rotatable bonds is 7. The molecule has 2 heterocycles. The van der Waals surface area contributed by atoms with Crippen molar-refractivity contribution in [1.82, 2.24) is 14.9 Å². The van der Waals surface area contributed by atoms with E-state index in [0.717, 1.165) is 10.9 Å². The Morgan fingerprint density at radius 3 is 2.70 bits per heavy atom. The molecule has 33 heavy (non-hydrogen) atoms.